The van der Waals surface area contributed by atoms with E-state index in [9.17, 15) is 8.42 Å². The molecule has 3 N–H and O–H groups in total. The van der Waals surface area contributed by atoms with Gasteiger partial charge in [0.1, 0.15) is 4.90 Å². The number of aromatic nitrogens is 2. The van der Waals surface area contributed by atoms with Gasteiger partial charge in [-0.25, -0.2) is 8.42 Å². The first-order valence-corrected chi connectivity index (χ1v) is 7.78. The highest BCUT2D eigenvalue weighted by Crippen LogP contribution is 2.23. The maximum Gasteiger partial charge on any atom is 0.263 e. The summed E-state index contributed by atoms with van der Waals surface area (Å²) >= 11 is 1.42. The van der Waals surface area contributed by atoms with E-state index in [0.29, 0.717) is 17.1 Å². The van der Waals surface area contributed by atoms with Gasteiger partial charge in [-0.2, -0.15) is 5.10 Å². The van der Waals surface area contributed by atoms with Crippen LogP contribution in [0.4, 0.5) is 5.69 Å². The van der Waals surface area contributed by atoms with E-state index in [1.54, 1.807) is 11.4 Å². The Morgan fingerprint density at radius 3 is 3.00 bits per heavy atom. The molecule has 0 bridgehead atoms. The molecule has 0 atom stereocenters. The first kappa shape index (κ1) is 13.1. The summed E-state index contributed by atoms with van der Waals surface area (Å²) in [5.74, 6) is 0. The van der Waals surface area contributed by atoms with E-state index in [-0.39, 0.29) is 0 Å². The van der Waals surface area contributed by atoms with Crippen molar-refractivity contribution in [2.75, 3.05) is 11.3 Å². The van der Waals surface area contributed by atoms with Gasteiger partial charge in [0.05, 0.1) is 11.9 Å². The molecule has 2 rings (SSSR count). The normalized spacial score (nSPS) is 11.6. The van der Waals surface area contributed by atoms with Gasteiger partial charge in [-0.15, -0.1) is 11.3 Å². The molecular formula is C10H14N4O2S2. The molecule has 0 aliphatic heterocycles. The fourth-order valence-electron chi connectivity index (χ4n) is 1.45. The van der Waals surface area contributed by atoms with E-state index in [1.165, 1.54) is 23.7 Å². The van der Waals surface area contributed by atoms with Crippen LogP contribution < -0.4 is 10.0 Å². The molecule has 2 aromatic heterocycles. The molecule has 2 aromatic rings. The molecule has 0 amide bonds. The Hall–Kier alpha value is -1.38. The third kappa shape index (κ3) is 2.89. The number of aromatic amines is 1. The van der Waals surface area contributed by atoms with Gasteiger partial charge in [0, 0.05) is 17.6 Å². The quantitative estimate of drug-likeness (QED) is 0.748. The molecule has 0 aliphatic rings. The molecule has 8 heteroatoms. The maximum absolute atomic E-state index is 12.2. The van der Waals surface area contributed by atoms with Crippen LogP contribution in [0.2, 0.25) is 0 Å². The average molecular weight is 286 g/mol. The summed E-state index contributed by atoms with van der Waals surface area (Å²) < 4.78 is 26.8. The van der Waals surface area contributed by atoms with Crippen molar-refractivity contribution in [2.45, 2.75) is 18.4 Å². The van der Waals surface area contributed by atoms with Crippen molar-refractivity contribution in [1.82, 2.24) is 15.5 Å². The number of thiophene rings is 1. The van der Waals surface area contributed by atoms with Crippen LogP contribution in [0.15, 0.2) is 28.7 Å². The topological polar surface area (TPSA) is 86.9 Å². The molecule has 0 aromatic carbocycles. The van der Waals surface area contributed by atoms with Crippen molar-refractivity contribution in [3.05, 3.63) is 28.7 Å². The second kappa shape index (κ2) is 5.51. The molecule has 18 heavy (non-hydrogen) atoms. The Morgan fingerprint density at radius 1 is 1.50 bits per heavy atom. The second-order valence-electron chi connectivity index (χ2n) is 3.58. The Bertz CT molecular complexity index is 589. The predicted molar refractivity (Wildman–Crippen MR) is 71.1 cm³/mol. The van der Waals surface area contributed by atoms with Gasteiger partial charge >= 0.3 is 0 Å². The van der Waals surface area contributed by atoms with Crippen molar-refractivity contribution < 1.29 is 8.42 Å². The van der Waals surface area contributed by atoms with Gasteiger partial charge < -0.3 is 5.32 Å². The molecule has 0 saturated heterocycles. The molecule has 0 fully saturated rings. The van der Waals surface area contributed by atoms with E-state index in [4.69, 9.17) is 0 Å². The van der Waals surface area contributed by atoms with Gasteiger partial charge in [-0.3, -0.25) is 9.82 Å². The monoisotopic (exact) mass is 286 g/mol. The molecule has 0 saturated carbocycles. The zero-order valence-corrected chi connectivity index (χ0v) is 11.4. The summed E-state index contributed by atoms with van der Waals surface area (Å²) in [4.78, 5) is 1.11. The van der Waals surface area contributed by atoms with Crippen LogP contribution in [0.25, 0.3) is 0 Å². The van der Waals surface area contributed by atoms with Crippen LogP contribution in [0, 0.1) is 0 Å². The van der Waals surface area contributed by atoms with Crippen molar-refractivity contribution in [3.8, 4) is 0 Å². The van der Waals surface area contributed by atoms with Crippen LogP contribution >= 0.6 is 11.3 Å². The Labute approximate surface area is 109 Å². The van der Waals surface area contributed by atoms with Crippen molar-refractivity contribution in [3.63, 3.8) is 0 Å². The summed E-state index contributed by atoms with van der Waals surface area (Å²) in [6, 6.07) is 1.61. The minimum atomic E-state index is -3.54. The first-order valence-electron chi connectivity index (χ1n) is 5.42. The van der Waals surface area contributed by atoms with Gasteiger partial charge in [-0.1, -0.05) is 6.92 Å². The van der Waals surface area contributed by atoms with Crippen LogP contribution in [0.1, 0.15) is 11.8 Å². The van der Waals surface area contributed by atoms with Crippen molar-refractivity contribution in [2.24, 2.45) is 0 Å². The summed E-state index contributed by atoms with van der Waals surface area (Å²) in [6.07, 6.45) is 2.92. The highest BCUT2D eigenvalue weighted by molar-refractivity contribution is 7.93. The summed E-state index contributed by atoms with van der Waals surface area (Å²) in [5.41, 5.74) is 0.426. The van der Waals surface area contributed by atoms with E-state index < -0.39 is 10.0 Å². The fourth-order valence-corrected chi connectivity index (χ4v) is 3.90. The van der Waals surface area contributed by atoms with Crippen LogP contribution in [0.5, 0.6) is 0 Å². The average Bonchev–Trinajstić information content (AvgIpc) is 2.96. The SMILES string of the molecule is CCNCc1sccc1S(=O)(=O)Nc1cn[nH]c1. The Balaban J connectivity index is 2.22. The minimum Gasteiger partial charge on any atom is -0.312 e. The van der Waals surface area contributed by atoms with Gasteiger partial charge in [0.2, 0.25) is 0 Å². The number of rotatable bonds is 6. The second-order valence-corrected chi connectivity index (χ2v) is 6.23. The highest BCUT2D eigenvalue weighted by Gasteiger charge is 2.19. The Kier molecular flexibility index (Phi) is 4.00. The maximum atomic E-state index is 12.2. The largest absolute Gasteiger partial charge is 0.312 e. The molecule has 0 spiro atoms. The summed E-state index contributed by atoms with van der Waals surface area (Å²) in [5, 5.41) is 11.2. The van der Waals surface area contributed by atoms with Crippen molar-refractivity contribution in [1.29, 1.82) is 0 Å². The molecule has 0 aliphatic carbocycles. The van der Waals surface area contributed by atoms with E-state index >= 15 is 0 Å². The lowest BCUT2D eigenvalue weighted by Gasteiger charge is -2.07. The number of H-pyrrole nitrogens is 1. The Morgan fingerprint density at radius 2 is 2.33 bits per heavy atom. The molecule has 0 radical (unpaired) electrons. The van der Waals surface area contributed by atoms with Gasteiger partial charge in [0.15, 0.2) is 0 Å². The number of anilines is 1. The zero-order valence-electron chi connectivity index (χ0n) is 9.80. The molecule has 6 nitrogen and oxygen atoms in total. The number of nitrogens with one attached hydrogen (secondary N) is 3. The standard InChI is InChI=1S/C10H14N4O2S2/c1-2-11-7-9-10(3-4-17-9)18(15,16)14-8-5-12-13-6-8/h3-6,11,14H,2,7H2,1H3,(H,12,13). The number of hydrogen-bond acceptors (Lipinski definition) is 5. The smallest absolute Gasteiger partial charge is 0.263 e. The number of sulfonamides is 1. The lowest BCUT2D eigenvalue weighted by Crippen LogP contribution is -2.17. The molecule has 2 heterocycles. The van der Waals surface area contributed by atoms with Gasteiger partial charge in [0.25, 0.3) is 10.0 Å². The third-order valence-corrected chi connectivity index (χ3v) is 4.80. The van der Waals surface area contributed by atoms with Crippen LogP contribution in [0.3, 0.4) is 0 Å². The number of nitrogens with zero attached hydrogens (tertiary/aromatic N) is 1. The predicted octanol–water partition coefficient (Wildman–Crippen LogP) is 1.38. The first-order chi connectivity index (χ1) is 8.63. The minimum absolute atomic E-state index is 0.314. The van der Waals surface area contributed by atoms with E-state index in [1.807, 2.05) is 6.92 Å². The molecule has 98 valence electrons. The van der Waals surface area contributed by atoms with Crippen LogP contribution in [-0.2, 0) is 16.6 Å². The van der Waals surface area contributed by atoms with Crippen LogP contribution in [-0.4, -0.2) is 25.2 Å². The molecule has 0 unspecified atom stereocenters. The lowest BCUT2D eigenvalue weighted by atomic mass is 10.4. The molecular weight excluding hydrogens is 272 g/mol. The van der Waals surface area contributed by atoms with E-state index in [2.05, 4.69) is 20.2 Å². The summed E-state index contributed by atoms with van der Waals surface area (Å²) in [7, 11) is -3.54. The van der Waals surface area contributed by atoms with Crippen molar-refractivity contribution >= 4 is 27.0 Å². The third-order valence-electron chi connectivity index (χ3n) is 2.28. The highest BCUT2D eigenvalue weighted by atomic mass is 32.2. The summed E-state index contributed by atoms with van der Waals surface area (Å²) in [6.45, 7) is 3.33. The fraction of sp³-hybridized carbons (Fsp3) is 0.300. The lowest BCUT2D eigenvalue weighted by molar-refractivity contribution is 0.599. The van der Waals surface area contributed by atoms with E-state index in [0.717, 1.165) is 11.4 Å². The number of hydrogen-bond donors (Lipinski definition) is 3. The zero-order chi connectivity index (χ0) is 13.0. The van der Waals surface area contributed by atoms with Gasteiger partial charge in [-0.05, 0) is 18.0 Å².